The molecule has 1 amide bonds. The van der Waals surface area contributed by atoms with Gasteiger partial charge >= 0.3 is 11.9 Å². The lowest BCUT2D eigenvalue weighted by Gasteiger charge is -2.10. The topological polar surface area (TPSA) is 128 Å². The molecule has 0 aliphatic rings. The maximum absolute atomic E-state index is 12.9. The fourth-order valence-electron chi connectivity index (χ4n) is 3.13. The molecule has 2 N–H and O–H groups in total. The van der Waals surface area contributed by atoms with E-state index in [2.05, 4.69) is 10.0 Å². The summed E-state index contributed by atoms with van der Waals surface area (Å²) in [5, 5.41) is 3.20. The van der Waals surface area contributed by atoms with Crippen LogP contribution in [0.3, 0.4) is 0 Å². The van der Waals surface area contributed by atoms with Gasteiger partial charge in [0.05, 0.1) is 23.7 Å². The van der Waals surface area contributed by atoms with Crippen molar-refractivity contribution in [2.45, 2.75) is 25.7 Å². The summed E-state index contributed by atoms with van der Waals surface area (Å²) in [5.41, 5.74) is 0.859. The van der Waals surface area contributed by atoms with Crippen LogP contribution in [0.15, 0.2) is 53.4 Å². The van der Waals surface area contributed by atoms with Crippen LogP contribution in [0.5, 0.6) is 0 Å². The fraction of sp³-hybridized carbons (Fsp3) is 0.208. The van der Waals surface area contributed by atoms with Crippen LogP contribution in [0.25, 0.3) is 0 Å². The van der Waals surface area contributed by atoms with Crippen molar-refractivity contribution in [1.29, 1.82) is 0 Å². The molecule has 190 valence electrons. The minimum Gasteiger partial charge on any atom is -0.462 e. The molecule has 3 aromatic rings. The second-order valence-electron chi connectivity index (χ2n) is 7.29. The maximum Gasteiger partial charge on any atom is 0.348 e. The number of amides is 1. The summed E-state index contributed by atoms with van der Waals surface area (Å²) in [6.07, 6.45) is 0. The molecule has 0 saturated carbocycles. The van der Waals surface area contributed by atoms with Gasteiger partial charge in [-0.05, 0) is 74.9 Å². The molecule has 0 saturated heterocycles. The van der Waals surface area contributed by atoms with Gasteiger partial charge < -0.3 is 14.8 Å². The summed E-state index contributed by atoms with van der Waals surface area (Å²) in [6.45, 7) is 5.15. The molecule has 0 aliphatic carbocycles. The molecule has 12 heteroatoms. The summed E-state index contributed by atoms with van der Waals surface area (Å²) in [4.78, 5) is 37.9. The van der Waals surface area contributed by atoms with Crippen LogP contribution in [0, 0.1) is 6.92 Å². The summed E-state index contributed by atoms with van der Waals surface area (Å²) in [5.74, 6) is -1.85. The lowest BCUT2D eigenvalue weighted by Crippen LogP contribution is -2.15. The van der Waals surface area contributed by atoms with Crippen molar-refractivity contribution in [2.75, 3.05) is 23.3 Å². The van der Waals surface area contributed by atoms with E-state index in [1.165, 1.54) is 48.5 Å². The van der Waals surface area contributed by atoms with Gasteiger partial charge in [0.25, 0.3) is 15.9 Å². The molecule has 0 bridgehead atoms. The van der Waals surface area contributed by atoms with Crippen molar-refractivity contribution in [3.63, 3.8) is 0 Å². The molecule has 0 fully saturated rings. The Morgan fingerprint density at radius 1 is 0.917 bits per heavy atom. The Morgan fingerprint density at radius 2 is 1.50 bits per heavy atom. The molecular formula is C24H23ClN2O7S2. The number of anilines is 2. The van der Waals surface area contributed by atoms with Crippen molar-refractivity contribution in [3.8, 4) is 0 Å². The smallest absolute Gasteiger partial charge is 0.348 e. The van der Waals surface area contributed by atoms with E-state index in [0.29, 0.717) is 10.6 Å². The van der Waals surface area contributed by atoms with E-state index < -0.39 is 27.9 Å². The molecule has 9 nitrogen and oxygen atoms in total. The summed E-state index contributed by atoms with van der Waals surface area (Å²) < 4.78 is 37.7. The number of carbonyl (C=O) groups is 3. The number of rotatable bonds is 9. The highest BCUT2D eigenvalue weighted by molar-refractivity contribution is 7.92. The van der Waals surface area contributed by atoms with Gasteiger partial charge in [-0.3, -0.25) is 9.52 Å². The first-order valence-corrected chi connectivity index (χ1v) is 13.4. The second kappa shape index (κ2) is 11.5. The Balaban J connectivity index is 1.81. The minimum atomic E-state index is -3.85. The van der Waals surface area contributed by atoms with Crippen LogP contribution >= 0.6 is 22.9 Å². The fourth-order valence-corrected chi connectivity index (χ4v) is 5.40. The zero-order chi connectivity index (χ0) is 26.5. The van der Waals surface area contributed by atoms with Gasteiger partial charge in [0.1, 0.15) is 9.88 Å². The van der Waals surface area contributed by atoms with Crippen LogP contribution in [0.2, 0.25) is 5.02 Å². The number of hydrogen-bond acceptors (Lipinski definition) is 8. The minimum absolute atomic E-state index is 0.0330. The number of hydrogen-bond donors (Lipinski definition) is 2. The van der Waals surface area contributed by atoms with Gasteiger partial charge in [-0.15, -0.1) is 11.3 Å². The van der Waals surface area contributed by atoms with Crippen molar-refractivity contribution in [1.82, 2.24) is 0 Å². The first-order chi connectivity index (χ1) is 17.1. The summed E-state index contributed by atoms with van der Waals surface area (Å²) in [7, 11) is -3.85. The molecule has 0 atom stereocenters. The third-order valence-electron chi connectivity index (χ3n) is 4.84. The van der Waals surface area contributed by atoms with Gasteiger partial charge in [0.15, 0.2) is 0 Å². The maximum atomic E-state index is 12.9. The molecule has 0 unspecified atom stereocenters. The SMILES string of the molecule is CCOC(=O)c1sc(NC(=O)c2ccc(NS(=O)(=O)c3ccc(Cl)cc3)cc2)c(C(=O)OCC)c1C. The molecular weight excluding hydrogens is 528 g/mol. The van der Waals surface area contributed by atoms with Crippen LogP contribution in [-0.2, 0) is 19.5 Å². The van der Waals surface area contributed by atoms with E-state index >= 15 is 0 Å². The van der Waals surface area contributed by atoms with Crippen LogP contribution < -0.4 is 10.0 Å². The standard InChI is InChI=1S/C24H23ClN2O7S2/c1-4-33-23(29)19-14(3)20(24(30)34-5-2)35-22(19)26-21(28)15-6-10-17(11-7-15)27-36(31,32)18-12-8-16(25)9-13-18/h6-13,27H,4-5H2,1-3H3,(H,26,28). The monoisotopic (exact) mass is 550 g/mol. The third-order valence-corrected chi connectivity index (χ3v) is 7.67. The van der Waals surface area contributed by atoms with Crippen molar-refractivity contribution in [3.05, 3.63) is 75.1 Å². The van der Waals surface area contributed by atoms with E-state index in [0.717, 1.165) is 11.3 Å². The lowest BCUT2D eigenvalue weighted by molar-refractivity contribution is 0.0527. The van der Waals surface area contributed by atoms with Crippen molar-refractivity contribution < 1.29 is 32.3 Å². The lowest BCUT2D eigenvalue weighted by atomic mass is 10.1. The number of benzene rings is 2. The highest BCUT2D eigenvalue weighted by atomic mass is 35.5. The Labute approximate surface area is 217 Å². The zero-order valence-electron chi connectivity index (χ0n) is 19.6. The predicted molar refractivity (Wildman–Crippen MR) is 138 cm³/mol. The molecule has 2 aromatic carbocycles. The summed E-state index contributed by atoms with van der Waals surface area (Å²) >= 11 is 6.72. The van der Waals surface area contributed by atoms with E-state index in [-0.39, 0.29) is 44.8 Å². The van der Waals surface area contributed by atoms with Crippen LogP contribution in [-0.4, -0.2) is 39.5 Å². The van der Waals surface area contributed by atoms with E-state index in [9.17, 15) is 22.8 Å². The number of thiophene rings is 1. The normalized spacial score (nSPS) is 11.0. The largest absolute Gasteiger partial charge is 0.462 e. The second-order valence-corrected chi connectivity index (χ2v) is 10.4. The molecule has 3 rings (SSSR count). The molecule has 0 spiro atoms. The van der Waals surface area contributed by atoms with Gasteiger partial charge in [-0.25, -0.2) is 18.0 Å². The predicted octanol–water partition coefficient (Wildman–Crippen LogP) is 5.12. The number of carbonyl (C=O) groups excluding carboxylic acids is 3. The third kappa shape index (κ3) is 6.23. The Kier molecular flexibility index (Phi) is 8.72. The van der Waals surface area contributed by atoms with E-state index in [1.807, 2.05) is 0 Å². The number of sulfonamides is 1. The average molecular weight is 551 g/mol. The van der Waals surface area contributed by atoms with Crippen molar-refractivity contribution in [2.24, 2.45) is 0 Å². The molecule has 36 heavy (non-hydrogen) atoms. The Morgan fingerprint density at radius 3 is 2.08 bits per heavy atom. The van der Waals surface area contributed by atoms with Gasteiger partial charge in [0, 0.05) is 16.3 Å². The molecule has 1 heterocycles. The molecule has 0 aliphatic heterocycles. The van der Waals surface area contributed by atoms with E-state index in [1.54, 1.807) is 20.8 Å². The first kappa shape index (κ1) is 27.2. The Bertz CT molecular complexity index is 1380. The van der Waals surface area contributed by atoms with Gasteiger partial charge in [-0.1, -0.05) is 11.6 Å². The number of nitrogens with one attached hydrogen (secondary N) is 2. The Hall–Kier alpha value is -3.41. The van der Waals surface area contributed by atoms with Crippen LogP contribution in [0.1, 0.15) is 49.8 Å². The van der Waals surface area contributed by atoms with Crippen LogP contribution in [0.4, 0.5) is 10.7 Å². The van der Waals surface area contributed by atoms with Crippen molar-refractivity contribution >= 4 is 61.5 Å². The highest BCUT2D eigenvalue weighted by Crippen LogP contribution is 2.34. The van der Waals surface area contributed by atoms with E-state index in [4.69, 9.17) is 21.1 Å². The summed E-state index contributed by atoms with van der Waals surface area (Å²) in [6, 6.07) is 11.4. The highest BCUT2D eigenvalue weighted by Gasteiger charge is 2.27. The number of halogens is 1. The van der Waals surface area contributed by atoms with Gasteiger partial charge in [-0.2, -0.15) is 0 Å². The molecule has 1 aromatic heterocycles. The first-order valence-electron chi connectivity index (χ1n) is 10.7. The quantitative estimate of drug-likeness (QED) is 0.354. The average Bonchev–Trinajstić information content (AvgIpc) is 3.15. The molecule has 0 radical (unpaired) electrons. The number of ether oxygens (including phenoxy) is 2. The number of esters is 2. The zero-order valence-corrected chi connectivity index (χ0v) is 22.0. The van der Waals surface area contributed by atoms with Gasteiger partial charge in [0.2, 0.25) is 0 Å².